The summed E-state index contributed by atoms with van der Waals surface area (Å²) >= 11 is 0. The van der Waals surface area contributed by atoms with Crippen molar-refractivity contribution in [2.45, 2.75) is 13.2 Å². The molecule has 0 atom stereocenters. The van der Waals surface area contributed by atoms with Crippen molar-refractivity contribution < 1.29 is 14.6 Å². The number of benzene rings is 1. The number of alkyl carbamates (subject to hydrolysis) is 1. The van der Waals surface area contributed by atoms with E-state index in [2.05, 4.69) is 15.4 Å². The van der Waals surface area contributed by atoms with E-state index in [9.17, 15) is 9.90 Å². The van der Waals surface area contributed by atoms with Crippen LogP contribution in [-0.4, -0.2) is 26.0 Å². The predicted octanol–water partition coefficient (Wildman–Crippen LogP) is 2.61. The van der Waals surface area contributed by atoms with Crippen molar-refractivity contribution in [1.29, 1.82) is 0 Å². The van der Waals surface area contributed by atoms with Crippen molar-refractivity contribution in [3.63, 3.8) is 0 Å². The number of pyridine rings is 1. The minimum absolute atomic E-state index is 0.0943. The summed E-state index contributed by atoms with van der Waals surface area (Å²) in [6.07, 6.45) is 2.54. The molecule has 7 heteroatoms. The van der Waals surface area contributed by atoms with E-state index in [1.807, 2.05) is 30.3 Å². The van der Waals surface area contributed by atoms with Crippen molar-refractivity contribution >= 4 is 6.09 Å². The highest BCUT2D eigenvalue weighted by molar-refractivity contribution is 5.68. The van der Waals surface area contributed by atoms with E-state index in [1.165, 1.54) is 6.20 Å². The number of hydrogen-bond acceptors (Lipinski definition) is 5. The van der Waals surface area contributed by atoms with Crippen LogP contribution in [0, 0.1) is 0 Å². The number of rotatable bonds is 5. The van der Waals surface area contributed by atoms with Gasteiger partial charge in [0.25, 0.3) is 0 Å². The summed E-state index contributed by atoms with van der Waals surface area (Å²) < 4.78 is 6.87. The number of ether oxygens (including phenoxy) is 1. The molecule has 25 heavy (non-hydrogen) atoms. The number of amides is 1. The Morgan fingerprint density at radius 3 is 2.72 bits per heavy atom. The number of nitrogens with zero attached hydrogens (tertiary/aromatic N) is 3. The Bertz CT molecular complexity index is 845. The summed E-state index contributed by atoms with van der Waals surface area (Å²) in [6, 6.07) is 12.7. The molecule has 0 aliphatic heterocycles. The second-order valence-corrected chi connectivity index (χ2v) is 5.45. The Morgan fingerprint density at radius 2 is 2.00 bits per heavy atom. The molecule has 1 aromatic carbocycles. The third kappa shape index (κ3) is 4.14. The number of aromatic hydroxyl groups is 1. The largest absolute Gasteiger partial charge is 0.506 e. The smallest absolute Gasteiger partial charge is 0.407 e. The zero-order chi connectivity index (χ0) is 17.6. The molecule has 0 bridgehead atoms. The van der Waals surface area contributed by atoms with E-state index < -0.39 is 6.09 Å². The van der Waals surface area contributed by atoms with Gasteiger partial charge in [-0.2, -0.15) is 5.10 Å². The standard InChI is InChI=1S/C18H18N4O3/c1-22-17(15(10-21-22)16-8-7-14(23)9-19-16)11-20-18(24)25-12-13-5-3-2-4-6-13/h2-10,23H,11-12H2,1H3,(H,20,24). The molecule has 0 fully saturated rings. The first-order valence-electron chi connectivity index (χ1n) is 7.74. The summed E-state index contributed by atoms with van der Waals surface area (Å²) in [5.74, 6) is 0.0943. The maximum atomic E-state index is 11.9. The molecule has 3 aromatic rings. The lowest BCUT2D eigenvalue weighted by molar-refractivity contribution is 0.139. The molecular weight excluding hydrogens is 320 g/mol. The van der Waals surface area contributed by atoms with Crippen LogP contribution in [0.3, 0.4) is 0 Å². The molecule has 2 heterocycles. The molecule has 0 aliphatic rings. The predicted molar refractivity (Wildman–Crippen MR) is 91.6 cm³/mol. The maximum absolute atomic E-state index is 11.9. The molecule has 0 unspecified atom stereocenters. The van der Waals surface area contributed by atoms with Gasteiger partial charge in [-0.05, 0) is 17.7 Å². The average Bonchev–Trinajstić information content (AvgIpc) is 3.00. The average molecular weight is 338 g/mol. The highest BCUT2D eigenvalue weighted by atomic mass is 16.5. The van der Waals surface area contributed by atoms with Gasteiger partial charge in [0.1, 0.15) is 12.4 Å². The van der Waals surface area contributed by atoms with E-state index >= 15 is 0 Å². The number of aromatic nitrogens is 3. The number of nitrogens with one attached hydrogen (secondary N) is 1. The first kappa shape index (κ1) is 16.5. The Hall–Kier alpha value is -3.35. The lowest BCUT2D eigenvalue weighted by atomic mass is 10.1. The van der Waals surface area contributed by atoms with Crippen molar-refractivity contribution in [3.05, 3.63) is 66.1 Å². The summed E-state index contributed by atoms with van der Waals surface area (Å²) in [5, 5.41) is 16.3. The Labute approximate surface area is 144 Å². The first-order chi connectivity index (χ1) is 12.1. The van der Waals surface area contributed by atoms with Crippen molar-refractivity contribution in [2.75, 3.05) is 0 Å². The summed E-state index contributed by atoms with van der Waals surface area (Å²) in [5.41, 5.74) is 3.16. The highest BCUT2D eigenvalue weighted by Crippen LogP contribution is 2.22. The van der Waals surface area contributed by atoms with Gasteiger partial charge in [-0.15, -0.1) is 0 Å². The highest BCUT2D eigenvalue weighted by Gasteiger charge is 2.13. The second-order valence-electron chi connectivity index (χ2n) is 5.45. The van der Waals surface area contributed by atoms with Crippen LogP contribution < -0.4 is 5.32 Å². The van der Waals surface area contributed by atoms with E-state index in [0.717, 1.165) is 16.8 Å². The second kappa shape index (κ2) is 7.48. The fraction of sp³-hybridized carbons (Fsp3) is 0.167. The zero-order valence-corrected chi connectivity index (χ0v) is 13.7. The molecule has 2 N–H and O–H groups in total. The van der Waals surface area contributed by atoms with Crippen LogP contribution in [0.5, 0.6) is 5.75 Å². The molecular formula is C18H18N4O3. The third-order valence-corrected chi connectivity index (χ3v) is 3.70. The van der Waals surface area contributed by atoms with Gasteiger partial charge in [-0.25, -0.2) is 4.79 Å². The lowest BCUT2D eigenvalue weighted by Gasteiger charge is -2.09. The van der Waals surface area contributed by atoms with E-state index in [-0.39, 0.29) is 18.9 Å². The third-order valence-electron chi connectivity index (χ3n) is 3.70. The summed E-state index contributed by atoms with van der Waals surface area (Å²) in [4.78, 5) is 16.1. The van der Waals surface area contributed by atoms with Gasteiger partial charge in [-0.1, -0.05) is 30.3 Å². The number of hydrogen-bond donors (Lipinski definition) is 2. The van der Waals surface area contributed by atoms with Crippen LogP contribution in [-0.2, 0) is 24.9 Å². The van der Waals surface area contributed by atoms with E-state index in [1.54, 1.807) is 30.1 Å². The van der Waals surface area contributed by atoms with Crippen LogP contribution >= 0.6 is 0 Å². The quantitative estimate of drug-likeness (QED) is 0.746. The molecule has 7 nitrogen and oxygen atoms in total. The zero-order valence-electron chi connectivity index (χ0n) is 13.7. The van der Waals surface area contributed by atoms with Crippen LogP contribution in [0.15, 0.2) is 54.9 Å². The molecule has 3 rings (SSSR count). The van der Waals surface area contributed by atoms with Gasteiger partial charge in [0, 0.05) is 12.6 Å². The van der Waals surface area contributed by atoms with E-state index in [0.29, 0.717) is 5.69 Å². The van der Waals surface area contributed by atoms with Gasteiger partial charge >= 0.3 is 6.09 Å². The minimum atomic E-state index is -0.505. The van der Waals surface area contributed by atoms with Gasteiger partial charge in [-0.3, -0.25) is 9.67 Å². The van der Waals surface area contributed by atoms with Gasteiger partial charge in [0.2, 0.25) is 0 Å². The van der Waals surface area contributed by atoms with Gasteiger partial charge in [0.05, 0.1) is 30.3 Å². The maximum Gasteiger partial charge on any atom is 0.407 e. The number of aryl methyl sites for hydroxylation is 1. The molecule has 128 valence electrons. The molecule has 2 aromatic heterocycles. The fourth-order valence-electron chi connectivity index (χ4n) is 2.36. The minimum Gasteiger partial charge on any atom is -0.506 e. The molecule has 0 saturated carbocycles. The summed E-state index contributed by atoms with van der Waals surface area (Å²) in [7, 11) is 1.79. The molecule has 0 radical (unpaired) electrons. The van der Waals surface area contributed by atoms with E-state index in [4.69, 9.17) is 4.74 Å². The fourth-order valence-corrected chi connectivity index (χ4v) is 2.36. The Balaban J connectivity index is 1.62. The molecule has 0 saturated heterocycles. The van der Waals surface area contributed by atoms with Gasteiger partial charge < -0.3 is 15.2 Å². The molecule has 1 amide bonds. The van der Waals surface area contributed by atoms with Crippen LogP contribution in [0.2, 0.25) is 0 Å². The summed E-state index contributed by atoms with van der Waals surface area (Å²) in [6.45, 7) is 0.465. The topological polar surface area (TPSA) is 89.3 Å². The lowest BCUT2D eigenvalue weighted by Crippen LogP contribution is -2.25. The van der Waals surface area contributed by atoms with Crippen LogP contribution in [0.1, 0.15) is 11.3 Å². The number of carbonyl (C=O) groups is 1. The molecule has 0 spiro atoms. The number of carbonyl (C=O) groups excluding carboxylic acids is 1. The van der Waals surface area contributed by atoms with Crippen molar-refractivity contribution in [1.82, 2.24) is 20.1 Å². The SMILES string of the molecule is Cn1ncc(-c2ccc(O)cn2)c1CNC(=O)OCc1ccccc1. The Kier molecular flexibility index (Phi) is 4.94. The van der Waals surface area contributed by atoms with Crippen molar-refractivity contribution in [2.24, 2.45) is 7.05 Å². The van der Waals surface area contributed by atoms with Crippen LogP contribution in [0.4, 0.5) is 4.79 Å². The van der Waals surface area contributed by atoms with Crippen LogP contribution in [0.25, 0.3) is 11.3 Å². The first-order valence-corrected chi connectivity index (χ1v) is 7.74. The molecule has 0 aliphatic carbocycles. The Morgan fingerprint density at radius 1 is 1.20 bits per heavy atom. The van der Waals surface area contributed by atoms with Crippen molar-refractivity contribution in [3.8, 4) is 17.0 Å². The van der Waals surface area contributed by atoms with Gasteiger partial charge in [0.15, 0.2) is 0 Å². The monoisotopic (exact) mass is 338 g/mol. The normalized spacial score (nSPS) is 10.4.